The number of cyclic esters (lactones) is 1. The van der Waals surface area contributed by atoms with E-state index in [2.05, 4.69) is 10.6 Å². The van der Waals surface area contributed by atoms with Crippen molar-refractivity contribution >= 4 is 35.4 Å². The molecule has 3 amide bonds. The molecular weight excluding hydrogens is 414 g/mol. The third-order valence-corrected chi connectivity index (χ3v) is 6.15. The van der Waals surface area contributed by atoms with Crippen LogP contribution in [0.3, 0.4) is 0 Å². The summed E-state index contributed by atoms with van der Waals surface area (Å²) in [6.45, 7) is 3.64. The maximum atomic E-state index is 12.9. The van der Waals surface area contributed by atoms with Gasteiger partial charge in [0.05, 0.1) is 17.3 Å². The number of hydrogen-bond acceptors (Lipinski definition) is 5. The van der Waals surface area contributed by atoms with Gasteiger partial charge in [0.2, 0.25) is 5.91 Å². The topological polar surface area (TPSA) is 87.7 Å². The van der Waals surface area contributed by atoms with Crippen LogP contribution in [0, 0.1) is 13.8 Å². The van der Waals surface area contributed by atoms with E-state index in [-0.39, 0.29) is 19.1 Å². The highest BCUT2D eigenvalue weighted by molar-refractivity contribution is 7.98. The molecule has 0 aromatic heterocycles. The third-order valence-electron chi connectivity index (χ3n) is 5.41. The third kappa shape index (κ3) is 4.16. The van der Waals surface area contributed by atoms with Crippen LogP contribution >= 0.6 is 11.8 Å². The lowest BCUT2D eigenvalue weighted by Gasteiger charge is -2.32. The normalized spacial score (nSPS) is 17.9. The minimum absolute atomic E-state index is 0.0299. The van der Waals surface area contributed by atoms with Crippen molar-refractivity contribution in [3.8, 4) is 0 Å². The van der Waals surface area contributed by atoms with Crippen molar-refractivity contribution in [2.24, 2.45) is 0 Å². The number of esters is 1. The van der Waals surface area contributed by atoms with Gasteiger partial charge in [0, 0.05) is 10.6 Å². The van der Waals surface area contributed by atoms with Crippen LogP contribution in [0.15, 0.2) is 58.6 Å². The molecule has 31 heavy (non-hydrogen) atoms. The number of aryl methyl sites for hydroxylation is 2. The summed E-state index contributed by atoms with van der Waals surface area (Å²) < 4.78 is 5.22. The van der Waals surface area contributed by atoms with Crippen molar-refractivity contribution in [1.29, 1.82) is 0 Å². The summed E-state index contributed by atoms with van der Waals surface area (Å²) in [7, 11) is 0. The molecule has 0 unspecified atom stereocenters. The average Bonchev–Trinajstić information content (AvgIpc) is 3.13. The summed E-state index contributed by atoms with van der Waals surface area (Å²) in [6, 6.07) is 12.3. The molecule has 0 aliphatic carbocycles. The molecule has 2 heterocycles. The molecule has 2 aromatic carbocycles. The number of hydrogen-bond donors (Lipinski definition) is 2. The van der Waals surface area contributed by atoms with Crippen molar-refractivity contribution in [3.05, 3.63) is 70.4 Å². The van der Waals surface area contributed by atoms with E-state index >= 15 is 0 Å². The largest absolute Gasteiger partial charge is 0.456 e. The molecule has 7 nitrogen and oxygen atoms in total. The summed E-state index contributed by atoms with van der Waals surface area (Å²) in [5.74, 6) is -0.829. The van der Waals surface area contributed by atoms with Crippen LogP contribution in [0.4, 0.5) is 10.5 Å². The summed E-state index contributed by atoms with van der Waals surface area (Å²) >= 11 is 1.61. The minimum Gasteiger partial charge on any atom is -0.456 e. The van der Waals surface area contributed by atoms with Gasteiger partial charge in [0.15, 0.2) is 0 Å². The number of urea groups is 1. The van der Waals surface area contributed by atoms with Crippen molar-refractivity contribution in [2.45, 2.75) is 24.8 Å². The van der Waals surface area contributed by atoms with Gasteiger partial charge < -0.3 is 15.4 Å². The van der Waals surface area contributed by atoms with Gasteiger partial charge in [-0.3, -0.25) is 9.69 Å². The molecule has 0 bridgehead atoms. The van der Waals surface area contributed by atoms with E-state index in [1.165, 1.54) is 4.90 Å². The standard InChI is InChI=1S/C23H23N3O4S/c1-13-4-9-17(14(2)10-13)24-19(27)11-26-18-12-30-22(28)20(18)21(25-23(26)29)15-5-7-16(31-3)8-6-15/h4-10,21H,11-12H2,1-3H3,(H,24,27)(H,25,29)/t21-/m1/s1. The van der Waals surface area contributed by atoms with Crippen LogP contribution in [0.25, 0.3) is 0 Å². The Labute approximate surface area is 184 Å². The van der Waals surface area contributed by atoms with Gasteiger partial charge in [0.1, 0.15) is 13.2 Å². The Morgan fingerprint density at radius 2 is 1.94 bits per heavy atom. The minimum atomic E-state index is -0.605. The second kappa shape index (κ2) is 8.47. The zero-order valence-corrected chi connectivity index (χ0v) is 18.3. The average molecular weight is 438 g/mol. The lowest BCUT2D eigenvalue weighted by molar-refractivity contribution is -0.136. The molecule has 0 saturated heterocycles. The molecule has 1 atom stereocenters. The number of anilines is 1. The summed E-state index contributed by atoms with van der Waals surface area (Å²) in [5, 5.41) is 5.69. The molecule has 2 aromatic rings. The Bertz CT molecular complexity index is 1090. The Morgan fingerprint density at radius 1 is 1.19 bits per heavy atom. The molecule has 2 N–H and O–H groups in total. The van der Waals surface area contributed by atoms with Crippen molar-refractivity contribution < 1.29 is 19.1 Å². The van der Waals surface area contributed by atoms with Gasteiger partial charge in [0.25, 0.3) is 0 Å². The number of thioether (sulfide) groups is 1. The van der Waals surface area contributed by atoms with Crippen LogP contribution < -0.4 is 10.6 Å². The number of rotatable bonds is 5. The smallest absolute Gasteiger partial charge is 0.338 e. The lowest BCUT2D eigenvalue weighted by Crippen LogP contribution is -2.49. The molecule has 2 aliphatic heterocycles. The van der Waals surface area contributed by atoms with Gasteiger partial charge >= 0.3 is 12.0 Å². The van der Waals surface area contributed by atoms with Crippen molar-refractivity contribution in [2.75, 3.05) is 24.7 Å². The van der Waals surface area contributed by atoms with Gasteiger partial charge in [-0.05, 0) is 49.4 Å². The molecule has 8 heteroatoms. The van der Waals surface area contributed by atoms with Crippen LogP contribution in [-0.2, 0) is 14.3 Å². The van der Waals surface area contributed by atoms with E-state index in [9.17, 15) is 14.4 Å². The Hall–Kier alpha value is -3.26. The second-order valence-corrected chi connectivity index (χ2v) is 8.42. The quantitative estimate of drug-likeness (QED) is 0.552. The first kappa shape index (κ1) is 21.0. The maximum absolute atomic E-state index is 12.9. The highest BCUT2D eigenvalue weighted by atomic mass is 32.2. The van der Waals surface area contributed by atoms with Crippen LogP contribution in [0.5, 0.6) is 0 Å². The fraction of sp³-hybridized carbons (Fsp3) is 0.261. The first-order chi connectivity index (χ1) is 14.9. The summed E-state index contributed by atoms with van der Waals surface area (Å²) in [4.78, 5) is 40.4. The first-order valence-corrected chi connectivity index (χ1v) is 11.1. The molecule has 4 rings (SSSR count). The van der Waals surface area contributed by atoms with E-state index < -0.39 is 18.0 Å². The van der Waals surface area contributed by atoms with Gasteiger partial charge in [-0.2, -0.15) is 0 Å². The van der Waals surface area contributed by atoms with Gasteiger partial charge in [-0.15, -0.1) is 11.8 Å². The van der Waals surface area contributed by atoms with Crippen molar-refractivity contribution in [1.82, 2.24) is 10.2 Å². The van der Waals surface area contributed by atoms with Crippen molar-refractivity contribution in [3.63, 3.8) is 0 Å². The summed E-state index contributed by atoms with van der Waals surface area (Å²) in [6.07, 6.45) is 1.98. The number of nitrogens with one attached hydrogen (secondary N) is 2. The Kier molecular flexibility index (Phi) is 5.73. The fourth-order valence-corrected chi connectivity index (χ4v) is 4.22. The zero-order valence-electron chi connectivity index (χ0n) is 17.5. The Morgan fingerprint density at radius 3 is 2.61 bits per heavy atom. The van der Waals surface area contributed by atoms with E-state index in [1.807, 2.05) is 62.6 Å². The monoisotopic (exact) mass is 437 g/mol. The zero-order chi connectivity index (χ0) is 22.1. The fourth-order valence-electron chi connectivity index (χ4n) is 3.81. The number of benzene rings is 2. The highest BCUT2D eigenvalue weighted by Crippen LogP contribution is 2.35. The van der Waals surface area contributed by atoms with Crippen LogP contribution in [-0.4, -0.2) is 42.2 Å². The van der Waals surface area contributed by atoms with Gasteiger partial charge in [-0.1, -0.05) is 29.8 Å². The predicted molar refractivity (Wildman–Crippen MR) is 119 cm³/mol. The van der Waals surface area contributed by atoms with E-state index in [1.54, 1.807) is 11.8 Å². The predicted octanol–water partition coefficient (Wildman–Crippen LogP) is 3.54. The molecular formula is C23H23N3O4S. The molecule has 0 spiro atoms. The number of carbonyl (C=O) groups is 3. The molecule has 2 aliphatic rings. The van der Waals surface area contributed by atoms with Gasteiger partial charge in [-0.25, -0.2) is 9.59 Å². The SMILES string of the molecule is CSc1ccc([C@H]2NC(=O)N(CC(=O)Nc3ccc(C)cc3C)C3=C2C(=O)OC3)cc1. The van der Waals surface area contributed by atoms with E-state index in [0.717, 1.165) is 21.6 Å². The number of carbonyl (C=O) groups excluding carboxylic acids is 3. The summed E-state index contributed by atoms with van der Waals surface area (Å²) in [5.41, 5.74) is 4.31. The van der Waals surface area contributed by atoms with E-state index in [0.29, 0.717) is 17.0 Å². The Balaban J connectivity index is 1.58. The lowest BCUT2D eigenvalue weighted by atomic mass is 9.96. The van der Waals surface area contributed by atoms with Crippen LogP contribution in [0.1, 0.15) is 22.7 Å². The first-order valence-electron chi connectivity index (χ1n) is 9.86. The van der Waals surface area contributed by atoms with E-state index in [4.69, 9.17) is 4.74 Å². The number of amides is 3. The molecule has 160 valence electrons. The molecule has 0 radical (unpaired) electrons. The second-order valence-electron chi connectivity index (χ2n) is 7.54. The number of nitrogens with zero attached hydrogens (tertiary/aromatic N) is 1. The molecule has 0 saturated carbocycles. The van der Waals surface area contributed by atoms with Crippen LogP contribution in [0.2, 0.25) is 0 Å². The maximum Gasteiger partial charge on any atom is 0.338 e. The highest BCUT2D eigenvalue weighted by Gasteiger charge is 2.42. The molecule has 0 fully saturated rings. The number of ether oxygens (including phenoxy) is 1.